The van der Waals surface area contributed by atoms with Crippen molar-refractivity contribution in [3.63, 3.8) is 0 Å². The molecule has 0 saturated carbocycles. The predicted molar refractivity (Wildman–Crippen MR) is 161 cm³/mol. The number of nitrogens with zero attached hydrogens (tertiary/aromatic N) is 6. The molecule has 10 nitrogen and oxygen atoms in total. The number of halogens is 2. The van der Waals surface area contributed by atoms with E-state index in [1.54, 1.807) is 60.8 Å². The third-order valence-corrected chi connectivity index (χ3v) is 7.21. The fraction of sp³-hybridized carbons (Fsp3) is 0.133. The average Bonchev–Trinajstić information content (AvgIpc) is 3.60. The first-order chi connectivity index (χ1) is 20.4. The van der Waals surface area contributed by atoms with Crippen molar-refractivity contribution >= 4 is 64.2 Å². The van der Waals surface area contributed by atoms with Crippen LogP contribution >= 0.6 is 23.2 Å². The quantitative estimate of drug-likeness (QED) is 0.233. The fourth-order valence-corrected chi connectivity index (χ4v) is 5.15. The van der Waals surface area contributed by atoms with Crippen LogP contribution in [0.1, 0.15) is 17.0 Å². The van der Waals surface area contributed by atoms with Crippen LogP contribution in [-0.4, -0.2) is 56.0 Å². The second-order valence-electron chi connectivity index (χ2n) is 9.67. The van der Waals surface area contributed by atoms with Crippen molar-refractivity contribution in [3.05, 3.63) is 106 Å². The number of hydrogen-bond acceptors (Lipinski definition) is 8. The number of aliphatic imine (C=N–C) groups is 1. The smallest absolute Gasteiger partial charge is 0.247 e. The number of amides is 1. The van der Waals surface area contributed by atoms with E-state index in [-0.39, 0.29) is 17.6 Å². The summed E-state index contributed by atoms with van der Waals surface area (Å²) in [5, 5.41) is 11.6. The van der Waals surface area contributed by atoms with Crippen LogP contribution in [0.5, 0.6) is 0 Å². The van der Waals surface area contributed by atoms with Gasteiger partial charge >= 0.3 is 0 Å². The van der Waals surface area contributed by atoms with Crippen molar-refractivity contribution in [1.29, 1.82) is 0 Å². The molecule has 5 aromatic rings. The van der Waals surface area contributed by atoms with E-state index in [2.05, 4.69) is 25.6 Å². The summed E-state index contributed by atoms with van der Waals surface area (Å²) < 4.78 is 7.12. The highest BCUT2D eigenvalue weighted by Gasteiger charge is 2.29. The molecule has 2 aromatic heterocycles. The summed E-state index contributed by atoms with van der Waals surface area (Å²) in [6, 6.07) is 19.4. The number of carbonyl (C=O) groups is 2. The lowest BCUT2D eigenvalue weighted by Gasteiger charge is -2.32. The van der Waals surface area contributed by atoms with Crippen molar-refractivity contribution in [2.45, 2.75) is 19.4 Å². The Kier molecular flexibility index (Phi) is 7.56. The molecule has 0 radical (unpaired) electrons. The number of aryl methyl sites for hydroxylation is 1. The summed E-state index contributed by atoms with van der Waals surface area (Å²) in [5.74, 6) is 0.272. The highest BCUT2D eigenvalue weighted by Crippen LogP contribution is 2.31. The Bertz CT molecular complexity index is 1860. The van der Waals surface area contributed by atoms with E-state index in [1.165, 1.54) is 4.68 Å². The third kappa shape index (κ3) is 5.67. The molecule has 1 N–H and O–H groups in total. The summed E-state index contributed by atoms with van der Waals surface area (Å²) in [6.07, 6.45) is 4.25. The molecule has 12 heteroatoms. The Labute approximate surface area is 250 Å². The number of fused-ring (bicyclic) bond motifs is 1. The number of aldehydes is 1. The van der Waals surface area contributed by atoms with Crippen LogP contribution in [0.4, 0.5) is 5.69 Å². The lowest BCUT2D eigenvalue weighted by Crippen LogP contribution is -2.47. The van der Waals surface area contributed by atoms with Gasteiger partial charge in [-0.25, -0.2) is 14.7 Å². The maximum atomic E-state index is 13.8. The number of hydrogen-bond donors (Lipinski definition) is 1. The number of aromatic nitrogens is 4. The van der Waals surface area contributed by atoms with Crippen molar-refractivity contribution in [1.82, 2.24) is 24.9 Å². The lowest BCUT2D eigenvalue weighted by molar-refractivity contribution is -0.120. The van der Waals surface area contributed by atoms with Gasteiger partial charge in [0.15, 0.2) is 16.6 Å². The second-order valence-corrected chi connectivity index (χ2v) is 10.5. The molecule has 1 atom stereocenters. The fourth-order valence-electron chi connectivity index (χ4n) is 4.85. The Morgan fingerprint density at radius 3 is 2.71 bits per heavy atom. The Morgan fingerprint density at radius 1 is 1.12 bits per heavy atom. The largest absolute Gasteiger partial charge is 0.441 e. The van der Waals surface area contributed by atoms with Gasteiger partial charge in [0, 0.05) is 41.3 Å². The molecule has 0 spiro atoms. The van der Waals surface area contributed by atoms with Gasteiger partial charge in [-0.3, -0.25) is 9.59 Å². The van der Waals surface area contributed by atoms with E-state index in [9.17, 15) is 9.59 Å². The van der Waals surface area contributed by atoms with Crippen LogP contribution in [0, 0.1) is 6.92 Å². The number of nitrogens with one attached hydrogen (secondary N) is 1. The highest BCUT2D eigenvalue weighted by molar-refractivity contribution is 6.31. The molecule has 0 saturated heterocycles. The summed E-state index contributed by atoms with van der Waals surface area (Å²) in [6.45, 7) is 1.90. The van der Waals surface area contributed by atoms with E-state index >= 15 is 0 Å². The van der Waals surface area contributed by atoms with Crippen LogP contribution < -0.4 is 5.32 Å². The van der Waals surface area contributed by atoms with Gasteiger partial charge in [0.05, 0.1) is 30.5 Å². The molecule has 3 heterocycles. The van der Waals surface area contributed by atoms with E-state index < -0.39 is 6.04 Å². The zero-order valence-electron chi connectivity index (χ0n) is 22.2. The van der Waals surface area contributed by atoms with Crippen LogP contribution in [0.25, 0.3) is 22.5 Å². The Morgan fingerprint density at radius 2 is 1.95 bits per heavy atom. The summed E-state index contributed by atoms with van der Waals surface area (Å²) in [7, 11) is 0. The van der Waals surface area contributed by atoms with Crippen molar-refractivity contribution in [2.75, 3.05) is 11.9 Å². The van der Waals surface area contributed by atoms with Gasteiger partial charge in [-0.2, -0.15) is 0 Å². The molecule has 3 aromatic carbocycles. The minimum absolute atomic E-state index is 0.137. The van der Waals surface area contributed by atoms with Crippen molar-refractivity contribution < 1.29 is 14.0 Å². The van der Waals surface area contributed by atoms with Crippen molar-refractivity contribution in [3.8, 4) is 5.69 Å². The molecule has 0 bridgehead atoms. The van der Waals surface area contributed by atoms with Gasteiger partial charge in [0.1, 0.15) is 17.8 Å². The second kappa shape index (κ2) is 11.6. The number of carbonyl (C=O) groups excluding carboxylic acids is 2. The topological polar surface area (TPSA) is 119 Å². The number of benzene rings is 3. The first kappa shape index (κ1) is 27.4. The van der Waals surface area contributed by atoms with Gasteiger partial charge < -0.3 is 14.6 Å². The van der Waals surface area contributed by atoms with E-state index in [0.717, 1.165) is 11.8 Å². The minimum Gasteiger partial charge on any atom is -0.441 e. The monoisotopic (exact) mass is 599 g/mol. The highest BCUT2D eigenvalue weighted by atomic mass is 35.5. The first-order valence-electron chi connectivity index (χ1n) is 13.0. The summed E-state index contributed by atoms with van der Waals surface area (Å²) in [4.78, 5) is 36.9. The van der Waals surface area contributed by atoms with Crippen molar-refractivity contribution in [2.24, 2.45) is 4.99 Å². The molecule has 0 aliphatic carbocycles. The Balaban J connectivity index is 1.33. The number of oxazole rings is 1. The van der Waals surface area contributed by atoms with Gasteiger partial charge in [0.2, 0.25) is 5.91 Å². The normalized spacial score (nSPS) is 13.9. The third-order valence-electron chi connectivity index (χ3n) is 6.80. The number of anilines is 1. The van der Waals surface area contributed by atoms with Gasteiger partial charge in [-0.05, 0) is 35.9 Å². The molecule has 0 unspecified atom stereocenters. The summed E-state index contributed by atoms with van der Waals surface area (Å²) in [5.41, 5.74) is 4.75. The maximum absolute atomic E-state index is 13.8. The molecule has 1 aliphatic heterocycles. The standard InChI is InChI=1S/C30H23Cl2N7O3/c1-18-34-24-9-8-22(13-27(24)42-18)35-30(41)26(11-19-5-3-2-4-6-19)38-14-20(16-40)29(33-17-38)23-12-21(31)7-10-25(23)39-15-28(32)36-37-39/h2-10,12-13,15-17,26H,11,14H2,1H3,(H,35,41)/t26-/m0/s1. The molecule has 1 amide bonds. The van der Waals surface area contributed by atoms with Gasteiger partial charge in [-0.1, -0.05) is 58.7 Å². The van der Waals surface area contributed by atoms with E-state index in [1.807, 2.05) is 30.3 Å². The van der Waals surface area contributed by atoms with Gasteiger partial charge in [0.25, 0.3) is 0 Å². The molecular formula is C30H23Cl2N7O3. The summed E-state index contributed by atoms with van der Waals surface area (Å²) >= 11 is 12.3. The van der Waals surface area contributed by atoms with Gasteiger partial charge in [-0.15, -0.1) is 5.10 Å². The molecule has 6 rings (SSSR count). The van der Waals surface area contributed by atoms with Crippen LogP contribution in [-0.2, 0) is 16.0 Å². The van der Waals surface area contributed by atoms with E-state index in [4.69, 9.17) is 27.6 Å². The maximum Gasteiger partial charge on any atom is 0.247 e. The minimum atomic E-state index is -0.687. The molecule has 210 valence electrons. The average molecular weight is 600 g/mol. The molecule has 1 aliphatic rings. The molecular weight excluding hydrogens is 577 g/mol. The van der Waals surface area contributed by atoms with Crippen LogP contribution in [0.15, 0.2) is 87.9 Å². The van der Waals surface area contributed by atoms with E-state index in [0.29, 0.717) is 56.6 Å². The van der Waals surface area contributed by atoms with Crippen LogP contribution in [0.3, 0.4) is 0 Å². The zero-order chi connectivity index (χ0) is 29.2. The molecule has 0 fully saturated rings. The zero-order valence-corrected chi connectivity index (χ0v) is 23.8. The number of rotatable bonds is 8. The first-order valence-corrected chi connectivity index (χ1v) is 13.7. The predicted octanol–water partition coefficient (Wildman–Crippen LogP) is 5.53. The molecule has 42 heavy (non-hydrogen) atoms. The SMILES string of the molecule is Cc1nc2ccc(NC(=O)[C@H](Cc3ccccc3)N3C=NC(c4cc(Cl)ccc4-n4cc(Cl)nn4)=C(C=O)C3)cc2o1. The lowest BCUT2D eigenvalue weighted by atomic mass is 10.0. The van der Waals surface area contributed by atoms with Crippen LogP contribution in [0.2, 0.25) is 10.2 Å². The Hall–Kier alpha value is -4.80.